The molecule has 0 aliphatic carbocycles. The van der Waals surface area contributed by atoms with Crippen LogP contribution in [0.15, 0.2) is 52.9 Å². The molecule has 3 aromatic rings. The molecule has 1 amide bonds. The van der Waals surface area contributed by atoms with Crippen LogP contribution in [0.25, 0.3) is 11.0 Å². The van der Waals surface area contributed by atoms with Gasteiger partial charge in [0.1, 0.15) is 29.4 Å². The monoisotopic (exact) mass is 367 g/mol. The number of furan rings is 1. The minimum Gasteiger partial charge on any atom is -0.491 e. The Balaban J connectivity index is 1.66. The lowest BCUT2D eigenvalue weighted by Crippen LogP contribution is -2.23. The largest absolute Gasteiger partial charge is 0.491 e. The second-order valence-electron chi connectivity index (χ2n) is 6.87. The molecule has 0 fully saturated rings. The molecule has 1 atom stereocenters. The number of ether oxygens (including phenoxy) is 2. The maximum atomic E-state index is 11.2. The summed E-state index contributed by atoms with van der Waals surface area (Å²) >= 11 is 0. The van der Waals surface area contributed by atoms with E-state index in [2.05, 4.69) is 5.32 Å². The lowest BCUT2D eigenvalue weighted by molar-refractivity contribution is -0.119. The maximum absolute atomic E-state index is 11.2. The van der Waals surface area contributed by atoms with Crippen molar-refractivity contribution in [3.63, 3.8) is 0 Å². The number of fused-ring (bicyclic) bond motifs is 1. The van der Waals surface area contributed by atoms with Gasteiger partial charge in [-0.1, -0.05) is 12.1 Å². The summed E-state index contributed by atoms with van der Waals surface area (Å²) < 4.78 is 17.4. The molecule has 0 radical (unpaired) electrons. The van der Waals surface area contributed by atoms with Crippen molar-refractivity contribution in [1.29, 1.82) is 0 Å². The fourth-order valence-corrected chi connectivity index (χ4v) is 2.81. The minimum atomic E-state index is -0.175. The average Bonchev–Trinajstić information content (AvgIpc) is 3.03. The molecule has 0 aliphatic rings. The highest BCUT2D eigenvalue weighted by Gasteiger charge is 2.13. The fraction of sp³-hybridized carbons (Fsp3) is 0.318. The van der Waals surface area contributed by atoms with Crippen molar-refractivity contribution in [2.45, 2.75) is 46.4 Å². The van der Waals surface area contributed by atoms with Gasteiger partial charge in [-0.2, -0.15) is 0 Å². The number of amides is 1. The van der Waals surface area contributed by atoms with Gasteiger partial charge in [0, 0.05) is 18.4 Å². The van der Waals surface area contributed by atoms with E-state index in [0.717, 1.165) is 33.8 Å². The zero-order valence-electron chi connectivity index (χ0n) is 16.1. The molecule has 5 nitrogen and oxygen atoms in total. The van der Waals surface area contributed by atoms with Crippen LogP contribution in [0.5, 0.6) is 11.5 Å². The van der Waals surface area contributed by atoms with Crippen molar-refractivity contribution < 1.29 is 18.7 Å². The number of nitrogens with one attached hydrogen (secondary N) is 1. The molecule has 0 bridgehead atoms. The molecular formula is C22H25NO4. The van der Waals surface area contributed by atoms with Gasteiger partial charge in [-0.15, -0.1) is 0 Å². The van der Waals surface area contributed by atoms with Crippen molar-refractivity contribution in [1.82, 2.24) is 5.32 Å². The molecule has 1 heterocycles. The van der Waals surface area contributed by atoms with E-state index in [1.165, 1.54) is 6.92 Å². The first-order valence-electron chi connectivity index (χ1n) is 9.09. The summed E-state index contributed by atoms with van der Waals surface area (Å²) in [6.45, 7) is 7.85. The number of hydrogen-bond donors (Lipinski definition) is 1. The Morgan fingerprint density at radius 2 is 1.74 bits per heavy atom. The summed E-state index contributed by atoms with van der Waals surface area (Å²) in [4.78, 5) is 11.2. The van der Waals surface area contributed by atoms with E-state index in [4.69, 9.17) is 13.9 Å². The first-order chi connectivity index (χ1) is 12.9. The van der Waals surface area contributed by atoms with Crippen molar-refractivity contribution in [3.05, 3.63) is 59.9 Å². The van der Waals surface area contributed by atoms with Gasteiger partial charge in [-0.05, 0) is 56.7 Å². The molecule has 142 valence electrons. The summed E-state index contributed by atoms with van der Waals surface area (Å²) in [5.74, 6) is 2.22. The van der Waals surface area contributed by atoms with Crippen LogP contribution >= 0.6 is 0 Å². The van der Waals surface area contributed by atoms with Gasteiger partial charge in [-0.25, -0.2) is 0 Å². The van der Waals surface area contributed by atoms with Crippen molar-refractivity contribution in [3.8, 4) is 11.5 Å². The lowest BCUT2D eigenvalue weighted by atomic mass is 10.2. The highest BCUT2D eigenvalue weighted by molar-refractivity contribution is 5.80. The Labute approximate surface area is 159 Å². The Hall–Kier alpha value is -2.95. The Morgan fingerprint density at radius 1 is 1.04 bits per heavy atom. The Morgan fingerprint density at radius 3 is 2.41 bits per heavy atom. The van der Waals surface area contributed by atoms with Crippen molar-refractivity contribution in [2.24, 2.45) is 0 Å². The summed E-state index contributed by atoms with van der Waals surface area (Å²) in [6.07, 6.45) is 0.158. The predicted octanol–water partition coefficient (Wildman–Crippen LogP) is 5.00. The van der Waals surface area contributed by atoms with Gasteiger partial charge < -0.3 is 19.2 Å². The molecule has 0 aliphatic heterocycles. The van der Waals surface area contributed by atoms with E-state index in [0.29, 0.717) is 6.61 Å². The molecule has 1 unspecified atom stereocenters. The average molecular weight is 367 g/mol. The minimum absolute atomic E-state index is 0.0863. The third-order valence-electron chi connectivity index (χ3n) is 4.06. The van der Waals surface area contributed by atoms with Crippen LogP contribution in [0.1, 0.15) is 45.1 Å². The quantitative estimate of drug-likeness (QED) is 0.639. The van der Waals surface area contributed by atoms with E-state index < -0.39 is 0 Å². The zero-order chi connectivity index (χ0) is 19.4. The first kappa shape index (κ1) is 18.8. The maximum Gasteiger partial charge on any atom is 0.217 e. The summed E-state index contributed by atoms with van der Waals surface area (Å²) in [6, 6.07) is 15.4. The van der Waals surface area contributed by atoms with Gasteiger partial charge >= 0.3 is 0 Å². The van der Waals surface area contributed by atoms with Gasteiger partial charge in [-0.3, -0.25) is 4.79 Å². The Bertz CT molecular complexity index is 912. The van der Waals surface area contributed by atoms with E-state index in [1.807, 2.05) is 69.3 Å². The van der Waals surface area contributed by atoms with Crippen molar-refractivity contribution >= 4 is 16.9 Å². The van der Waals surface area contributed by atoms with Crippen LogP contribution < -0.4 is 14.8 Å². The second kappa shape index (κ2) is 8.16. The van der Waals surface area contributed by atoms with Crippen molar-refractivity contribution in [2.75, 3.05) is 0 Å². The summed E-state index contributed by atoms with van der Waals surface area (Å²) in [5, 5.41) is 3.80. The van der Waals surface area contributed by atoms with Crippen LogP contribution in [0.3, 0.4) is 0 Å². The van der Waals surface area contributed by atoms with E-state index in [1.54, 1.807) is 0 Å². The Kier molecular flexibility index (Phi) is 5.69. The third-order valence-corrected chi connectivity index (χ3v) is 4.06. The predicted molar refractivity (Wildman–Crippen MR) is 105 cm³/mol. The normalized spacial score (nSPS) is 12.2. The number of hydrogen-bond acceptors (Lipinski definition) is 4. The van der Waals surface area contributed by atoms with Crippen LogP contribution in [0.2, 0.25) is 0 Å². The van der Waals surface area contributed by atoms with Gasteiger partial charge in [0.05, 0.1) is 12.1 Å². The number of benzene rings is 2. The zero-order valence-corrected chi connectivity index (χ0v) is 16.1. The SMILES string of the molecule is CC(=O)NC(C)c1cc2ccc(OCc3ccc(OC(C)C)cc3)cc2o1. The standard InChI is InChI=1S/C22H25NO4/c1-14(2)26-19-8-5-17(6-9-19)13-25-20-10-7-18-11-21(27-22(18)12-20)15(3)23-16(4)24/h5-12,14-15H,13H2,1-4H3,(H,23,24). The molecule has 1 aromatic heterocycles. The van der Waals surface area contributed by atoms with Crippen LogP contribution in [-0.2, 0) is 11.4 Å². The molecule has 1 N–H and O–H groups in total. The molecular weight excluding hydrogens is 342 g/mol. The van der Waals surface area contributed by atoms with Gasteiger partial charge in [0.15, 0.2) is 0 Å². The van der Waals surface area contributed by atoms with Gasteiger partial charge in [0.25, 0.3) is 0 Å². The highest BCUT2D eigenvalue weighted by Crippen LogP contribution is 2.28. The molecule has 27 heavy (non-hydrogen) atoms. The third kappa shape index (κ3) is 5.03. The summed E-state index contributed by atoms with van der Waals surface area (Å²) in [7, 11) is 0. The number of rotatable bonds is 7. The molecule has 2 aromatic carbocycles. The number of carbonyl (C=O) groups is 1. The van der Waals surface area contributed by atoms with Gasteiger partial charge in [0.2, 0.25) is 5.91 Å². The lowest BCUT2D eigenvalue weighted by Gasteiger charge is -2.10. The highest BCUT2D eigenvalue weighted by atomic mass is 16.5. The van der Waals surface area contributed by atoms with Crippen LogP contribution in [0, 0.1) is 0 Å². The van der Waals surface area contributed by atoms with E-state index >= 15 is 0 Å². The summed E-state index contributed by atoms with van der Waals surface area (Å²) in [5.41, 5.74) is 1.80. The van der Waals surface area contributed by atoms with Crippen LogP contribution in [-0.4, -0.2) is 12.0 Å². The smallest absolute Gasteiger partial charge is 0.217 e. The first-order valence-corrected chi connectivity index (χ1v) is 9.09. The molecule has 0 saturated carbocycles. The number of carbonyl (C=O) groups excluding carboxylic acids is 1. The second-order valence-corrected chi connectivity index (χ2v) is 6.87. The fourth-order valence-electron chi connectivity index (χ4n) is 2.81. The van der Waals surface area contributed by atoms with Crippen LogP contribution in [0.4, 0.5) is 0 Å². The molecule has 5 heteroatoms. The molecule has 3 rings (SSSR count). The van der Waals surface area contributed by atoms with E-state index in [-0.39, 0.29) is 18.1 Å². The van der Waals surface area contributed by atoms with E-state index in [9.17, 15) is 4.79 Å². The topological polar surface area (TPSA) is 60.7 Å². The molecule has 0 saturated heterocycles. The molecule has 0 spiro atoms.